The molecule has 2 heterocycles. The lowest BCUT2D eigenvalue weighted by atomic mass is 10.0. The van der Waals surface area contributed by atoms with Gasteiger partial charge in [0.1, 0.15) is 0 Å². The molecule has 0 unspecified atom stereocenters. The fourth-order valence-corrected chi connectivity index (χ4v) is 2.12. The number of nitrogens with zero attached hydrogens (tertiary/aromatic N) is 2. The largest absolute Gasteiger partial charge is 0.435 e. The Bertz CT molecular complexity index is 449. The molecule has 0 aromatic carbocycles. The van der Waals surface area contributed by atoms with Gasteiger partial charge in [0.2, 0.25) is 0 Å². The highest BCUT2D eigenvalue weighted by molar-refractivity contribution is 5.30. The molecular weight excluding hydrogens is 245 g/mol. The number of fused-ring (bicyclic) bond motifs is 1. The number of aromatic nitrogens is 2. The SMILES string of the molecule is CCC(C)(C)n1nc(C(F)(F)F)c2c1COCC2. The molecule has 0 saturated heterocycles. The zero-order valence-electron chi connectivity index (χ0n) is 10.8. The average Bonchev–Trinajstić information content (AvgIpc) is 2.68. The molecule has 0 atom stereocenters. The first-order valence-electron chi connectivity index (χ1n) is 6.03. The van der Waals surface area contributed by atoms with Gasteiger partial charge in [-0.3, -0.25) is 4.68 Å². The van der Waals surface area contributed by atoms with E-state index in [1.807, 2.05) is 20.8 Å². The van der Waals surface area contributed by atoms with Crippen LogP contribution >= 0.6 is 0 Å². The summed E-state index contributed by atoms with van der Waals surface area (Å²) in [7, 11) is 0. The van der Waals surface area contributed by atoms with Crippen LogP contribution in [-0.2, 0) is 29.5 Å². The van der Waals surface area contributed by atoms with Gasteiger partial charge in [-0.15, -0.1) is 0 Å². The van der Waals surface area contributed by atoms with Crippen molar-refractivity contribution in [3.63, 3.8) is 0 Å². The highest BCUT2D eigenvalue weighted by Crippen LogP contribution is 2.36. The Morgan fingerprint density at radius 3 is 2.56 bits per heavy atom. The second-order valence-corrected chi connectivity index (χ2v) is 5.15. The summed E-state index contributed by atoms with van der Waals surface area (Å²) >= 11 is 0. The van der Waals surface area contributed by atoms with Gasteiger partial charge in [0, 0.05) is 5.56 Å². The third kappa shape index (κ3) is 2.13. The second kappa shape index (κ2) is 4.26. The Labute approximate surface area is 104 Å². The first kappa shape index (κ1) is 13.4. The van der Waals surface area contributed by atoms with E-state index in [2.05, 4.69) is 5.10 Å². The third-order valence-electron chi connectivity index (χ3n) is 3.53. The van der Waals surface area contributed by atoms with E-state index >= 15 is 0 Å². The lowest BCUT2D eigenvalue weighted by Gasteiger charge is -2.27. The maximum Gasteiger partial charge on any atom is 0.435 e. The monoisotopic (exact) mass is 262 g/mol. The summed E-state index contributed by atoms with van der Waals surface area (Å²) in [4.78, 5) is 0. The van der Waals surface area contributed by atoms with Crippen LogP contribution in [0.4, 0.5) is 13.2 Å². The molecule has 1 aromatic heterocycles. The van der Waals surface area contributed by atoms with E-state index in [0.29, 0.717) is 24.3 Å². The molecule has 0 N–H and O–H groups in total. The number of hydrogen-bond donors (Lipinski definition) is 0. The van der Waals surface area contributed by atoms with Crippen LogP contribution in [0.5, 0.6) is 0 Å². The van der Waals surface area contributed by atoms with E-state index in [-0.39, 0.29) is 13.0 Å². The van der Waals surface area contributed by atoms with E-state index in [1.54, 1.807) is 0 Å². The van der Waals surface area contributed by atoms with E-state index in [9.17, 15) is 13.2 Å². The van der Waals surface area contributed by atoms with Crippen molar-refractivity contribution in [1.82, 2.24) is 9.78 Å². The molecular formula is C12H17F3N2O. The summed E-state index contributed by atoms with van der Waals surface area (Å²) in [5, 5.41) is 3.82. The normalized spacial score (nSPS) is 16.8. The zero-order chi connectivity index (χ0) is 13.6. The molecule has 1 aliphatic rings. The van der Waals surface area contributed by atoms with Gasteiger partial charge < -0.3 is 4.74 Å². The quantitative estimate of drug-likeness (QED) is 0.818. The molecule has 0 fully saturated rings. The maximum absolute atomic E-state index is 13.0. The molecule has 6 heteroatoms. The van der Waals surface area contributed by atoms with Gasteiger partial charge in [-0.25, -0.2) is 0 Å². The molecule has 0 saturated carbocycles. The Hall–Kier alpha value is -1.04. The van der Waals surface area contributed by atoms with Crippen molar-refractivity contribution >= 4 is 0 Å². The summed E-state index contributed by atoms with van der Waals surface area (Å²) in [5.41, 5.74) is -0.313. The fraction of sp³-hybridized carbons (Fsp3) is 0.750. The summed E-state index contributed by atoms with van der Waals surface area (Å²) in [5.74, 6) is 0. The summed E-state index contributed by atoms with van der Waals surface area (Å²) in [6.45, 7) is 6.24. The van der Waals surface area contributed by atoms with E-state index in [4.69, 9.17) is 4.74 Å². The van der Waals surface area contributed by atoms with Crippen LogP contribution in [0.3, 0.4) is 0 Å². The van der Waals surface area contributed by atoms with Crippen molar-refractivity contribution in [2.24, 2.45) is 0 Å². The van der Waals surface area contributed by atoms with Crippen LogP contribution in [-0.4, -0.2) is 16.4 Å². The first-order chi connectivity index (χ1) is 8.27. The van der Waals surface area contributed by atoms with Crippen molar-refractivity contribution in [1.29, 1.82) is 0 Å². The molecule has 0 spiro atoms. The van der Waals surface area contributed by atoms with Crippen molar-refractivity contribution in [3.05, 3.63) is 17.0 Å². The highest BCUT2D eigenvalue weighted by atomic mass is 19.4. The lowest BCUT2D eigenvalue weighted by Crippen LogP contribution is -2.29. The summed E-state index contributed by atoms with van der Waals surface area (Å²) < 4.78 is 45.7. The predicted octanol–water partition coefficient (Wildman–Crippen LogP) is 3.12. The van der Waals surface area contributed by atoms with E-state index in [1.165, 1.54) is 4.68 Å². The van der Waals surface area contributed by atoms with Gasteiger partial charge in [-0.1, -0.05) is 6.92 Å². The Morgan fingerprint density at radius 1 is 1.33 bits per heavy atom. The Morgan fingerprint density at radius 2 is 2.00 bits per heavy atom. The van der Waals surface area contributed by atoms with Gasteiger partial charge in [0.15, 0.2) is 5.69 Å². The van der Waals surface area contributed by atoms with Gasteiger partial charge in [0.05, 0.1) is 24.4 Å². The van der Waals surface area contributed by atoms with Crippen LogP contribution in [0.25, 0.3) is 0 Å². The van der Waals surface area contributed by atoms with Crippen LogP contribution in [0.2, 0.25) is 0 Å². The first-order valence-corrected chi connectivity index (χ1v) is 6.03. The molecule has 0 bridgehead atoms. The van der Waals surface area contributed by atoms with Crippen molar-refractivity contribution < 1.29 is 17.9 Å². The van der Waals surface area contributed by atoms with Gasteiger partial charge in [0.25, 0.3) is 0 Å². The number of alkyl halides is 3. The van der Waals surface area contributed by atoms with Crippen LogP contribution in [0, 0.1) is 0 Å². The fourth-order valence-electron chi connectivity index (χ4n) is 2.12. The Balaban J connectivity index is 2.59. The topological polar surface area (TPSA) is 27.1 Å². The van der Waals surface area contributed by atoms with E-state index in [0.717, 1.165) is 0 Å². The minimum absolute atomic E-state index is 0.210. The zero-order valence-corrected chi connectivity index (χ0v) is 10.8. The molecule has 1 aliphatic heterocycles. The minimum atomic E-state index is -4.39. The number of ether oxygens (including phenoxy) is 1. The Kier molecular flexibility index (Phi) is 3.17. The number of hydrogen-bond acceptors (Lipinski definition) is 2. The average molecular weight is 262 g/mol. The molecule has 1 aromatic rings. The van der Waals surface area contributed by atoms with Gasteiger partial charge >= 0.3 is 6.18 Å². The van der Waals surface area contributed by atoms with Crippen LogP contribution in [0.15, 0.2) is 0 Å². The van der Waals surface area contributed by atoms with Crippen molar-refractivity contribution in [2.45, 2.75) is 51.9 Å². The van der Waals surface area contributed by atoms with Gasteiger partial charge in [-0.2, -0.15) is 18.3 Å². The molecule has 102 valence electrons. The molecule has 0 radical (unpaired) electrons. The number of rotatable bonds is 2. The van der Waals surface area contributed by atoms with Crippen LogP contribution < -0.4 is 0 Å². The molecule has 2 rings (SSSR count). The van der Waals surface area contributed by atoms with Crippen LogP contribution in [0.1, 0.15) is 44.1 Å². The molecule has 0 amide bonds. The number of halogens is 3. The maximum atomic E-state index is 13.0. The molecule has 0 aliphatic carbocycles. The standard InChI is InChI=1S/C12H17F3N2O/c1-4-11(2,3)17-9-7-18-6-5-8(9)10(16-17)12(13,14)15/h4-7H2,1-3H3. The smallest absolute Gasteiger partial charge is 0.375 e. The molecule has 18 heavy (non-hydrogen) atoms. The van der Waals surface area contributed by atoms with Crippen molar-refractivity contribution in [3.8, 4) is 0 Å². The van der Waals surface area contributed by atoms with Gasteiger partial charge in [-0.05, 0) is 26.7 Å². The van der Waals surface area contributed by atoms with E-state index < -0.39 is 17.4 Å². The minimum Gasteiger partial charge on any atom is -0.375 e. The third-order valence-corrected chi connectivity index (χ3v) is 3.53. The lowest BCUT2D eigenvalue weighted by molar-refractivity contribution is -0.142. The van der Waals surface area contributed by atoms with Crippen molar-refractivity contribution in [2.75, 3.05) is 6.61 Å². The highest BCUT2D eigenvalue weighted by Gasteiger charge is 2.41. The summed E-state index contributed by atoms with van der Waals surface area (Å²) in [6, 6.07) is 0. The molecule has 3 nitrogen and oxygen atoms in total. The predicted molar refractivity (Wildman–Crippen MR) is 60.2 cm³/mol. The second-order valence-electron chi connectivity index (χ2n) is 5.15. The summed E-state index contributed by atoms with van der Waals surface area (Å²) in [6.07, 6.45) is -3.40.